The second-order valence-corrected chi connectivity index (χ2v) is 7.70. The highest BCUT2D eigenvalue weighted by molar-refractivity contribution is 6.31. The van der Waals surface area contributed by atoms with E-state index in [4.69, 9.17) is 16.3 Å². The van der Waals surface area contributed by atoms with E-state index in [1.807, 2.05) is 41.8 Å². The molecule has 0 saturated carbocycles. The smallest absolute Gasteiger partial charge is 0.253 e. The zero-order valence-electron chi connectivity index (χ0n) is 17.0. The van der Waals surface area contributed by atoms with Crippen LogP contribution in [0.15, 0.2) is 36.4 Å². The van der Waals surface area contributed by atoms with Crippen LogP contribution in [0.5, 0.6) is 5.75 Å². The number of benzene rings is 2. The number of piperazine rings is 1. The summed E-state index contributed by atoms with van der Waals surface area (Å²) in [5.74, 6) is 0.465. The minimum atomic E-state index is -0.139. The first-order valence-electron chi connectivity index (χ1n) is 9.59. The van der Waals surface area contributed by atoms with E-state index in [0.29, 0.717) is 48.2 Å². The highest BCUT2D eigenvalue weighted by Gasteiger charge is 2.23. The number of carbonyl (C=O) groups is 2. The van der Waals surface area contributed by atoms with Gasteiger partial charge in [0.1, 0.15) is 5.75 Å². The molecule has 1 aliphatic rings. The van der Waals surface area contributed by atoms with E-state index in [1.165, 1.54) is 5.56 Å². The quantitative estimate of drug-likeness (QED) is 0.813. The molecule has 1 N–H and O–H groups in total. The summed E-state index contributed by atoms with van der Waals surface area (Å²) < 4.78 is 5.26. The van der Waals surface area contributed by atoms with Crippen LogP contribution in [0.2, 0.25) is 5.02 Å². The van der Waals surface area contributed by atoms with Gasteiger partial charge in [0.05, 0.1) is 19.3 Å². The predicted octanol–water partition coefficient (Wildman–Crippen LogP) is 3.36. The van der Waals surface area contributed by atoms with Crippen LogP contribution in [0.3, 0.4) is 0 Å². The summed E-state index contributed by atoms with van der Waals surface area (Å²) in [6.45, 7) is 6.79. The normalized spacial score (nSPS) is 14.6. The Hall–Kier alpha value is -2.57. The Morgan fingerprint density at radius 1 is 1.03 bits per heavy atom. The fourth-order valence-corrected chi connectivity index (χ4v) is 3.51. The molecule has 0 atom stereocenters. The molecule has 0 aromatic heterocycles. The number of nitrogens with one attached hydrogen (secondary N) is 1. The molecule has 7 heteroatoms. The van der Waals surface area contributed by atoms with E-state index in [1.54, 1.807) is 25.3 Å². The van der Waals surface area contributed by atoms with Gasteiger partial charge in [-0.25, -0.2) is 0 Å². The van der Waals surface area contributed by atoms with E-state index < -0.39 is 0 Å². The van der Waals surface area contributed by atoms with Crippen LogP contribution >= 0.6 is 11.6 Å². The Balaban J connectivity index is 1.53. The lowest BCUT2D eigenvalue weighted by atomic mass is 10.1. The van der Waals surface area contributed by atoms with Crippen LogP contribution in [-0.4, -0.2) is 61.4 Å². The third-order valence-corrected chi connectivity index (χ3v) is 5.45. The van der Waals surface area contributed by atoms with Gasteiger partial charge in [-0.3, -0.25) is 14.5 Å². The Kier molecular flexibility index (Phi) is 6.77. The number of carbonyl (C=O) groups excluding carboxylic acids is 2. The number of anilines is 1. The average Bonchev–Trinajstić information content (AvgIpc) is 2.70. The van der Waals surface area contributed by atoms with Crippen molar-refractivity contribution < 1.29 is 14.3 Å². The molecule has 2 aromatic rings. The van der Waals surface area contributed by atoms with Crippen molar-refractivity contribution in [1.82, 2.24) is 9.80 Å². The maximum Gasteiger partial charge on any atom is 0.253 e. The number of methoxy groups -OCH3 is 1. The van der Waals surface area contributed by atoms with Crippen molar-refractivity contribution in [3.8, 4) is 5.75 Å². The fourth-order valence-electron chi connectivity index (χ4n) is 3.34. The van der Waals surface area contributed by atoms with Gasteiger partial charge in [-0.15, -0.1) is 0 Å². The van der Waals surface area contributed by atoms with Crippen molar-refractivity contribution in [2.24, 2.45) is 0 Å². The van der Waals surface area contributed by atoms with Crippen molar-refractivity contribution in [2.45, 2.75) is 13.8 Å². The van der Waals surface area contributed by atoms with Gasteiger partial charge in [0.25, 0.3) is 5.91 Å². The number of nitrogens with zero attached hydrogens (tertiary/aromatic N) is 2. The van der Waals surface area contributed by atoms with Gasteiger partial charge in [0.2, 0.25) is 5.91 Å². The number of hydrogen-bond acceptors (Lipinski definition) is 4. The maximum atomic E-state index is 12.7. The first-order valence-corrected chi connectivity index (χ1v) is 9.97. The summed E-state index contributed by atoms with van der Waals surface area (Å²) in [5, 5.41) is 3.38. The van der Waals surface area contributed by atoms with E-state index in [2.05, 4.69) is 5.32 Å². The Morgan fingerprint density at radius 3 is 2.41 bits per heavy atom. The van der Waals surface area contributed by atoms with Gasteiger partial charge < -0.3 is 15.0 Å². The summed E-state index contributed by atoms with van der Waals surface area (Å²) in [4.78, 5) is 29.1. The zero-order valence-corrected chi connectivity index (χ0v) is 17.8. The fraction of sp³-hybridized carbons (Fsp3) is 0.364. The second-order valence-electron chi connectivity index (χ2n) is 7.26. The highest BCUT2D eigenvalue weighted by Crippen LogP contribution is 2.27. The van der Waals surface area contributed by atoms with Crippen molar-refractivity contribution in [3.05, 3.63) is 58.1 Å². The molecular formula is C22H26ClN3O3. The molecular weight excluding hydrogens is 390 g/mol. The van der Waals surface area contributed by atoms with Gasteiger partial charge in [0.15, 0.2) is 0 Å². The minimum Gasteiger partial charge on any atom is -0.495 e. The van der Waals surface area contributed by atoms with Crippen LogP contribution in [0.4, 0.5) is 5.69 Å². The van der Waals surface area contributed by atoms with Gasteiger partial charge in [-0.2, -0.15) is 0 Å². The molecule has 2 amide bonds. The Bertz CT molecular complexity index is 908. The summed E-state index contributed by atoms with van der Waals surface area (Å²) in [5.41, 5.74) is 3.55. The summed E-state index contributed by atoms with van der Waals surface area (Å²) in [6, 6.07) is 10.9. The molecule has 154 valence electrons. The molecule has 0 bridgehead atoms. The summed E-state index contributed by atoms with van der Waals surface area (Å²) in [7, 11) is 1.55. The van der Waals surface area contributed by atoms with Gasteiger partial charge in [-0.1, -0.05) is 17.7 Å². The van der Waals surface area contributed by atoms with Crippen LogP contribution in [-0.2, 0) is 4.79 Å². The van der Waals surface area contributed by atoms with Crippen LogP contribution in [0.1, 0.15) is 21.5 Å². The zero-order chi connectivity index (χ0) is 21.0. The number of hydrogen-bond donors (Lipinski definition) is 1. The third kappa shape index (κ3) is 5.28. The first-order chi connectivity index (χ1) is 13.9. The SMILES string of the molecule is COc1ccc(Cl)cc1NC(=O)CN1CCN(C(=O)c2ccc(C)c(C)c2)CC1. The third-order valence-electron chi connectivity index (χ3n) is 5.22. The molecule has 1 saturated heterocycles. The minimum absolute atomic E-state index is 0.0425. The van der Waals surface area contributed by atoms with Gasteiger partial charge >= 0.3 is 0 Å². The molecule has 0 aliphatic carbocycles. The molecule has 1 fully saturated rings. The molecule has 3 rings (SSSR count). The maximum absolute atomic E-state index is 12.7. The molecule has 0 radical (unpaired) electrons. The largest absolute Gasteiger partial charge is 0.495 e. The molecule has 1 heterocycles. The first kappa shape index (κ1) is 21.1. The van der Waals surface area contributed by atoms with Crippen LogP contribution in [0, 0.1) is 13.8 Å². The Morgan fingerprint density at radius 2 is 1.76 bits per heavy atom. The van der Waals surface area contributed by atoms with Gasteiger partial charge in [0, 0.05) is 36.8 Å². The van der Waals surface area contributed by atoms with Crippen LogP contribution < -0.4 is 10.1 Å². The van der Waals surface area contributed by atoms with Crippen LogP contribution in [0.25, 0.3) is 0 Å². The van der Waals surface area contributed by atoms with Crippen molar-refractivity contribution in [3.63, 3.8) is 0 Å². The van der Waals surface area contributed by atoms with E-state index in [-0.39, 0.29) is 18.4 Å². The molecule has 1 aliphatic heterocycles. The molecule has 29 heavy (non-hydrogen) atoms. The lowest BCUT2D eigenvalue weighted by Crippen LogP contribution is -2.50. The lowest BCUT2D eigenvalue weighted by molar-refractivity contribution is -0.117. The molecule has 0 unspecified atom stereocenters. The number of halogens is 1. The monoisotopic (exact) mass is 415 g/mol. The predicted molar refractivity (Wildman–Crippen MR) is 115 cm³/mol. The van der Waals surface area contributed by atoms with Crippen molar-refractivity contribution in [2.75, 3.05) is 45.2 Å². The number of amides is 2. The van der Waals surface area contributed by atoms with Crippen molar-refractivity contribution >= 4 is 29.1 Å². The lowest BCUT2D eigenvalue weighted by Gasteiger charge is -2.34. The topological polar surface area (TPSA) is 61.9 Å². The number of aryl methyl sites for hydroxylation is 2. The Labute approximate surface area is 176 Å². The van der Waals surface area contributed by atoms with E-state index in [9.17, 15) is 9.59 Å². The second kappa shape index (κ2) is 9.29. The van der Waals surface area contributed by atoms with E-state index >= 15 is 0 Å². The number of rotatable bonds is 5. The molecule has 0 spiro atoms. The summed E-state index contributed by atoms with van der Waals surface area (Å²) in [6.07, 6.45) is 0. The van der Waals surface area contributed by atoms with E-state index in [0.717, 1.165) is 5.56 Å². The summed E-state index contributed by atoms with van der Waals surface area (Å²) >= 11 is 6.01. The highest BCUT2D eigenvalue weighted by atomic mass is 35.5. The standard InChI is InChI=1S/C22H26ClN3O3/c1-15-4-5-17(12-16(15)2)22(28)26-10-8-25(9-11-26)14-21(27)24-19-13-18(23)6-7-20(19)29-3/h4-7,12-13H,8-11,14H2,1-3H3,(H,24,27). The number of ether oxygens (including phenoxy) is 1. The molecule has 6 nitrogen and oxygen atoms in total. The molecule has 2 aromatic carbocycles. The average molecular weight is 416 g/mol. The van der Waals surface area contributed by atoms with Crippen molar-refractivity contribution in [1.29, 1.82) is 0 Å². The van der Waals surface area contributed by atoms with Gasteiger partial charge in [-0.05, 0) is 55.3 Å².